The zero-order chi connectivity index (χ0) is 10.8. The van der Waals surface area contributed by atoms with E-state index in [-0.39, 0.29) is 5.91 Å². The summed E-state index contributed by atoms with van der Waals surface area (Å²) in [5.41, 5.74) is 0. The number of carbonyl (C=O) groups is 1. The van der Waals surface area contributed by atoms with Gasteiger partial charge in [0.1, 0.15) is 0 Å². The number of nitrogens with zero attached hydrogens (tertiary/aromatic N) is 2. The smallest absolute Gasteiger partial charge is 0.225 e. The monoisotopic (exact) mass is 270 g/mol. The van der Waals surface area contributed by atoms with Crippen molar-refractivity contribution in [1.82, 2.24) is 4.98 Å². The third-order valence-corrected chi connectivity index (χ3v) is 2.65. The highest BCUT2D eigenvalue weighted by atomic mass is 79.9. The Hall–Kier alpha value is -1.10. The van der Waals surface area contributed by atoms with E-state index in [1.54, 1.807) is 18.0 Å². The van der Waals surface area contributed by atoms with E-state index in [1.165, 1.54) is 0 Å². The van der Waals surface area contributed by atoms with E-state index in [0.717, 1.165) is 10.9 Å². The summed E-state index contributed by atoms with van der Waals surface area (Å²) in [6.45, 7) is 2.82. The molecule has 2 heterocycles. The van der Waals surface area contributed by atoms with E-state index >= 15 is 0 Å². The van der Waals surface area contributed by atoms with Crippen LogP contribution in [-0.2, 0) is 4.79 Å². The number of halogens is 1. The number of hydrogen-bond donors (Lipinski definition) is 0. The summed E-state index contributed by atoms with van der Waals surface area (Å²) in [5.74, 6) is 1.27. The first kappa shape index (κ1) is 10.4. The highest BCUT2D eigenvalue weighted by Crippen LogP contribution is 2.30. The number of pyridine rings is 1. The van der Waals surface area contributed by atoms with Crippen LogP contribution in [0.4, 0.5) is 5.82 Å². The SMILES string of the molecule is CC(=O)N1CCCOc2cc(Br)cnc21. The zero-order valence-corrected chi connectivity index (χ0v) is 9.95. The van der Waals surface area contributed by atoms with Gasteiger partial charge in [0, 0.05) is 24.1 Å². The van der Waals surface area contributed by atoms with Crippen molar-refractivity contribution in [3.05, 3.63) is 16.7 Å². The lowest BCUT2D eigenvalue weighted by Gasteiger charge is -2.18. The van der Waals surface area contributed by atoms with Gasteiger partial charge >= 0.3 is 0 Å². The van der Waals surface area contributed by atoms with Crippen LogP contribution in [0.15, 0.2) is 16.7 Å². The maximum atomic E-state index is 11.4. The summed E-state index contributed by atoms with van der Waals surface area (Å²) >= 11 is 3.33. The molecule has 0 bridgehead atoms. The first-order valence-electron chi connectivity index (χ1n) is 4.75. The molecular weight excluding hydrogens is 260 g/mol. The van der Waals surface area contributed by atoms with Crippen molar-refractivity contribution in [3.63, 3.8) is 0 Å². The van der Waals surface area contributed by atoms with Crippen LogP contribution in [0.5, 0.6) is 5.75 Å². The van der Waals surface area contributed by atoms with Crippen LogP contribution in [0, 0.1) is 0 Å². The fraction of sp³-hybridized carbons (Fsp3) is 0.400. The molecule has 5 heteroatoms. The molecule has 2 rings (SSSR count). The van der Waals surface area contributed by atoms with Gasteiger partial charge in [-0.25, -0.2) is 4.98 Å². The van der Waals surface area contributed by atoms with Gasteiger partial charge in [-0.3, -0.25) is 9.69 Å². The Kier molecular flexibility index (Phi) is 2.90. The molecule has 0 N–H and O–H groups in total. The van der Waals surface area contributed by atoms with Gasteiger partial charge in [-0.1, -0.05) is 0 Å². The number of amides is 1. The Morgan fingerprint density at radius 1 is 1.67 bits per heavy atom. The van der Waals surface area contributed by atoms with Gasteiger partial charge in [-0.15, -0.1) is 0 Å². The van der Waals surface area contributed by atoms with Gasteiger partial charge in [0.15, 0.2) is 11.6 Å². The quantitative estimate of drug-likeness (QED) is 0.724. The van der Waals surface area contributed by atoms with Crippen LogP contribution in [0.3, 0.4) is 0 Å². The Balaban J connectivity index is 2.45. The number of hydrogen-bond acceptors (Lipinski definition) is 3. The van der Waals surface area contributed by atoms with Gasteiger partial charge in [-0.2, -0.15) is 0 Å². The minimum Gasteiger partial charge on any atom is -0.490 e. The summed E-state index contributed by atoms with van der Waals surface area (Å²) in [6.07, 6.45) is 2.50. The van der Waals surface area contributed by atoms with Gasteiger partial charge in [0.05, 0.1) is 6.61 Å². The lowest BCUT2D eigenvalue weighted by atomic mass is 10.3. The molecule has 0 fully saturated rings. The highest BCUT2D eigenvalue weighted by molar-refractivity contribution is 9.10. The van der Waals surface area contributed by atoms with Gasteiger partial charge < -0.3 is 4.74 Å². The van der Waals surface area contributed by atoms with E-state index in [1.807, 2.05) is 6.07 Å². The Bertz CT molecular complexity index is 395. The number of ether oxygens (including phenoxy) is 1. The lowest BCUT2D eigenvalue weighted by Crippen LogP contribution is -2.29. The molecule has 1 aliphatic rings. The van der Waals surface area contributed by atoms with Gasteiger partial charge in [0.25, 0.3) is 0 Å². The molecule has 0 radical (unpaired) electrons. The average molecular weight is 271 g/mol. The van der Waals surface area contributed by atoms with Crippen LogP contribution < -0.4 is 9.64 Å². The van der Waals surface area contributed by atoms with Crippen molar-refractivity contribution < 1.29 is 9.53 Å². The standard InChI is InChI=1S/C10H11BrN2O2/c1-7(14)13-3-2-4-15-9-5-8(11)6-12-10(9)13/h5-6H,2-4H2,1H3. The topological polar surface area (TPSA) is 42.4 Å². The largest absolute Gasteiger partial charge is 0.490 e. The average Bonchev–Trinajstić information content (AvgIpc) is 2.38. The molecule has 0 aliphatic carbocycles. The first-order chi connectivity index (χ1) is 7.18. The lowest BCUT2D eigenvalue weighted by molar-refractivity contribution is -0.116. The zero-order valence-electron chi connectivity index (χ0n) is 8.36. The molecule has 1 amide bonds. The van der Waals surface area contributed by atoms with Gasteiger partial charge in [0.2, 0.25) is 5.91 Å². The highest BCUT2D eigenvalue weighted by Gasteiger charge is 2.20. The van der Waals surface area contributed by atoms with E-state index in [4.69, 9.17) is 4.74 Å². The summed E-state index contributed by atoms with van der Waals surface area (Å²) in [7, 11) is 0. The molecule has 80 valence electrons. The molecule has 15 heavy (non-hydrogen) atoms. The minimum absolute atomic E-state index is 0.00317. The van der Waals surface area contributed by atoms with Crippen LogP contribution in [0.25, 0.3) is 0 Å². The summed E-state index contributed by atoms with van der Waals surface area (Å²) in [6, 6.07) is 1.84. The second-order valence-electron chi connectivity index (χ2n) is 3.35. The predicted molar refractivity (Wildman–Crippen MR) is 60.1 cm³/mol. The summed E-state index contributed by atoms with van der Waals surface area (Å²) in [4.78, 5) is 17.3. The molecule has 0 atom stereocenters. The second-order valence-corrected chi connectivity index (χ2v) is 4.26. The van der Waals surface area contributed by atoms with Crippen LogP contribution in [-0.4, -0.2) is 24.0 Å². The molecule has 0 saturated heterocycles. The number of aromatic nitrogens is 1. The van der Waals surface area contributed by atoms with E-state index < -0.39 is 0 Å². The molecule has 0 aromatic carbocycles. The Morgan fingerprint density at radius 2 is 2.47 bits per heavy atom. The third kappa shape index (κ3) is 2.12. The molecule has 1 aromatic heterocycles. The van der Waals surface area contributed by atoms with Crippen molar-refractivity contribution >= 4 is 27.7 Å². The third-order valence-electron chi connectivity index (χ3n) is 2.22. The first-order valence-corrected chi connectivity index (χ1v) is 5.54. The fourth-order valence-electron chi connectivity index (χ4n) is 1.54. The molecule has 0 spiro atoms. The number of anilines is 1. The normalized spacial score (nSPS) is 15.2. The Labute approximate surface area is 96.4 Å². The predicted octanol–water partition coefficient (Wildman–Crippen LogP) is 1.98. The fourth-order valence-corrected chi connectivity index (χ4v) is 1.85. The molecular formula is C10H11BrN2O2. The molecule has 0 saturated carbocycles. The minimum atomic E-state index is -0.00317. The van der Waals surface area contributed by atoms with E-state index in [2.05, 4.69) is 20.9 Å². The van der Waals surface area contributed by atoms with Crippen molar-refractivity contribution in [2.75, 3.05) is 18.1 Å². The second kappa shape index (κ2) is 4.18. The number of carbonyl (C=O) groups excluding carboxylic acids is 1. The van der Waals surface area contributed by atoms with Crippen LogP contribution in [0.1, 0.15) is 13.3 Å². The molecule has 0 unspecified atom stereocenters. The maximum absolute atomic E-state index is 11.4. The number of rotatable bonds is 0. The Morgan fingerprint density at radius 3 is 3.20 bits per heavy atom. The number of fused-ring (bicyclic) bond motifs is 1. The van der Waals surface area contributed by atoms with Crippen molar-refractivity contribution in [1.29, 1.82) is 0 Å². The molecule has 1 aromatic rings. The molecule has 4 nitrogen and oxygen atoms in total. The maximum Gasteiger partial charge on any atom is 0.225 e. The van der Waals surface area contributed by atoms with Crippen LogP contribution >= 0.6 is 15.9 Å². The van der Waals surface area contributed by atoms with Crippen molar-refractivity contribution in [3.8, 4) is 5.75 Å². The van der Waals surface area contributed by atoms with E-state index in [9.17, 15) is 4.79 Å². The van der Waals surface area contributed by atoms with E-state index in [0.29, 0.717) is 24.7 Å². The van der Waals surface area contributed by atoms with Crippen LogP contribution in [0.2, 0.25) is 0 Å². The van der Waals surface area contributed by atoms with Gasteiger partial charge in [-0.05, 0) is 28.4 Å². The summed E-state index contributed by atoms with van der Waals surface area (Å²) < 4.78 is 6.38. The van der Waals surface area contributed by atoms with Crippen molar-refractivity contribution in [2.45, 2.75) is 13.3 Å². The molecule has 1 aliphatic heterocycles. The van der Waals surface area contributed by atoms with Crippen molar-refractivity contribution in [2.24, 2.45) is 0 Å². The summed E-state index contributed by atoms with van der Waals surface area (Å²) in [5, 5.41) is 0.